The molecule has 1 saturated heterocycles. The van der Waals surface area contributed by atoms with Crippen molar-refractivity contribution in [3.05, 3.63) is 50.9 Å². The average Bonchev–Trinajstić information content (AvgIpc) is 3.05. The Balaban J connectivity index is 1.48. The number of carbonyl (C=O) groups is 2. The standard InChI is InChI=1S/C18H19ClN2O3S/c1-12-20-16(11-25-12)10-24-18(23)14-6-8-21(9-7-14)17(22)13-2-4-15(19)5-3-13/h2-5,11,14H,6-10H2,1H3. The first-order valence-corrected chi connectivity index (χ1v) is 9.41. The third-order valence-corrected chi connectivity index (χ3v) is 5.31. The van der Waals surface area contributed by atoms with Crippen molar-refractivity contribution in [2.24, 2.45) is 5.92 Å². The van der Waals surface area contributed by atoms with Gasteiger partial charge in [0.1, 0.15) is 6.61 Å². The zero-order chi connectivity index (χ0) is 17.8. The predicted octanol–water partition coefficient (Wildman–Crippen LogP) is 3.70. The van der Waals surface area contributed by atoms with Crippen molar-refractivity contribution < 1.29 is 14.3 Å². The van der Waals surface area contributed by atoms with Crippen molar-refractivity contribution in [2.45, 2.75) is 26.4 Å². The molecule has 1 amide bonds. The van der Waals surface area contributed by atoms with E-state index in [1.165, 1.54) is 11.3 Å². The van der Waals surface area contributed by atoms with Crippen molar-refractivity contribution in [1.82, 2.24) is 9.88 Å². The largest absolute Gasteiger partial charge is 0.459 e. The second-order valence-electron chi connectivity index (χ2n) is 6.04. The summed E-state index contributed by atoms with van der Waals surface area (Å²) >= 11 is 7.39. The van der Waals surface area contributed by atoms with E-state index in [4.69, 9.17) is 16.3 Å². The van der Waals surface area contributed by atoms with Crippen molar-refractivity contribution in [3.63, 3.8) is 0 Å². The Bertz CT molecular complexity index is 752. The zero-order valence-corrected chi connectivity index (χ0v) is 15.5. The Morgan fingerprint density at radius 3 is 2.56 bits per heavy atom. The maximum absolute atomic E-state index is 12.5. The molecular weight excluding hydrogens is 360 g/mol. The van der Waals surface area contributed by atoms with Crippen LogP contribution in [0.1, 0.15) is 33.9 Å². The number of benzene rings is 1. The summed E-state index contributed by atoms with van der Waals surface area (Å²) in [6, 6.07) is 6.86. The Morgan fingerprint density at radius 1 is 1.28 bits per heavy atom. The summed E-state index contributed by atoms with van der Waals surface area (Å²) < 4.78 is 5.36. The quantitative estimate of drug-likeness (QED) is 0.761. The highest BCUT2D eigenvalue weighted by Crippen LogP contribution is 2.21. The van der Waals surface area contributed by atoms with Crippen LogP contribution in [-0.4, -0.2) is 34.8 Å². The molecule has 0 aliphatic carbocycles. The molecule has 1 fully saturated rings. The van der Waals surface area contributed by atoms with Gasteiger partial charge >= 0.3 is 5.97 Å². The molecule has 2 heterocycles. The van der Waals surface area contributed by atoms with E-state index in [-0.39, 0.29) is 24.4 Å². The van der Waals surface area contributed by atoms with Gasteiger partial charge in [0.2, 0.25) is 0 Å². The summed E-state index contributed by atoms with van der Waals surface area (Å²) in [5.41, 5.74) is 1.40. The lowest BCUT2D eigenvalue weighted by Crippen LogP contribution is -2.40. The van der Waals surface area contributed by atoms with Gasteiger partial charge in [-0.2, -0.15) is 0 Å². The normalized spacial score (nSPS) is 15.2. The highest BCUT2D eigenvalue weighted by molar-refractivity contribution is 7.09. The Kier molecular flexibility index (Phi) is 5.71. The van der Waals surface area contributed by atoms with Gasteiger partial charge in [-0.05, 0) is 44.0 Å². The minimum absolute atomic E-state index is 0.0265. The molecule has 0 saturated carbocycles. The predicted molar refractivity (Wildman–Crippen MR) is 96.7 cm³/mol. The first-order valence-electron chi connectivity index (χ1n) is 8.15. The maximum Gasteiger partial charge on any atom is 0.309 e. The molecule has 0 bridgehead atoms. The molecule has 25 heavy (non-hydrogen) atoms. The summed E-state index contributed by atoms with van der Waals surface area (Å²) in [4.78, 5) is 30.7. The molecule has 3 rings (SSSR count). The minimum atomic E-state index is -0.204. The number of hydrogen-bond donors (Lipinski definition) is 0. The van der Waals surface area contributed by atoms with E-state index in [9.17, 15) is 9.59 Å². The summed E-state index contributed by atoms with van der Waals surface area (Å²) in [7, 11) is 0. The number of nitrogens with zero attached hydrogens (tertiary/aromatic N) is 2. The van der Waals surface area contributed by atoms with Crippen LogP contribution in [0, 0.1) is 12.8 Å². The number of thiazole rings is 1. The Hall–Kier alpha value is -1.92. The molecule has 1 aliphatic rings. The van der Waals surface area contributed by atoms with Gasteiger partial charge in [-0.1, -0.05) is 11.6 Å². The topological polar surface area (TPSA) is 59.5 Å². The summed E-state index contributed by atoms with van der Waals surface area (Å²) in [5, 5.41) is 3.46. The van der Waals surface area contributed by atoms with Gasteiger partial charge in [-0.15, -0.1) is 11.3 Å². The van der Waals surface area contributed by atoms with Crippen LogP contribution < -0.4 is 0 Å². The number of hydrogen-bond acceptors (Lipinski definition) is 5. The van der Waals surface area contributed by atoms with Crippen molar-refractivity contribution in [1.29, 1.82) is 0 Å². The molecule has 5 nitrogen and oxygen atoms in total. The van der Waals surface area contributed by atoms with Crippen LogP contribution in [0.2, 0.25) is 5.02 Å². The monoisotopic (exact) mass is 378 g/mol. The van der Waals surface area contributed by atoms with Crippen LogP contribution in [0.3, 0.4) is 0 Å². The van der Waals surface area contributed by atoms with Crippen LogP contribution in [0.5, 0.6) is 0 Å². The van der Waals surface area contributed by atoms with Crippen LogP contribution in [-0.2, 0) is 16.1 Å². The molecule has 0 radical (unpaired) electrons. The fourth-order valence-electron chi connectivity index (χ4n) is 2.83. The molecule has 0 atom stereocenters. The second kappa shape index (κ2) is 7.97. The van der Waals surface area contributed by atoms with E-state index in [1.807, 2.05) is 12.3 Å². The minimum Gasteiger partial charge on any atom is -0.459 e. The van der Waals surface area contributed by atoms with E-state index < -0.39 is 0 Å². The zero-order valence-electron chi connectivity index (χ0n) is 13.9. The molecule has 2 aromatic rings. The smallest absolute Gasteiger partial charge is 0.309 e. The number of aryl methyl sites for hydroxylation is 1. The number of aromatic nitrogens is 1. The average molecular weight is 379 g/mol. The van der Waals surface area contributed by atoms with Gasteiger partial charge in [0.05, 0.1) is 16.6 Å². The number of likely N-dealkylation sites (tertiary alicyclic amines) is 1. The first-order chi connectivity index (χ1) is 12.0. The van der Waals surface area contributed by atoms with Crippen molar-refractivity contribution in [3.8, 4) is 0 Å². The number of esters is 1. The highest BCUT2D eigenvalue weighted by Gasteiger charge is 2.28. The van der Waals surface area contributed by atoms with Crippen LogP contribution >= 0.6 is 22.9 Å². The van der Waals surface area contributed by atoms with E-state index in [1.54, 1.807) is 29.2 Å². The summed E-state index contributed by atoms with van der Waals surface area (Å²) in [6.07, 6.45) is 1.24. The fraction of sp³-hybridized carbons (Fsp3) is 0.389. The van der Waals surface area contributed by atoms with Gasteiger partial charge in [0.15, 0.2) is 0 Å². The van der Waals surface area contributed by atoms with Crippen molar-refractivity contribution in [2.75, 3.05) is 13.1 Å². The lowest BCUT2D eigenvalue weighted by atomic mass is 9.96. The van der Waals surface area contributed by atoms with Crippen LogP contribution in [0.25, 0.3) is 0 Å². The molecule has 7 heteroatoms. The molecule has 1 aromatic heterocycles. The second-order valence-corrected chi connectivity index (χ2v) is 7.54. The number of halogens is 1. The van der Waals surface area contributed by atoms with Gasteiger partial charge < -0.3 is 9.64 Å². The number of rotatable bonds is 4. The van der Waals surface area contributed by atoms with Gasteiger partial charge in [-0.25, -0.2) is 4.98 Å². The Morgan fingerprint density at radius 2 is 1.96 bits per heavy atom. The van der Waals surface area contributed by atoms with E-state index in [0.717, 1.165) is 10.7 Å². The molecule has 1 aromatic carbocycles. The van der Waals surface area contributed by atoms with Gasteiger partial charge in [0.25, 0.3) is 5.91 Å². The molecule has 0 spiro atoms. The molecule has 0 N–H and O–H groups in total. The van der Waals surface area contributed by atoms with E-state index in [0.29, 0.717) is 36.5 Å². The maximum atomic E-state index is 12.5. The highest BCUT2D eigenvalue weighted by atomic mass is 35.5. The van der Waals surface area contributed by atoms with Crippen molar-refractivity contribution >= 4 is 34.8 Å². The number of ether oxygens (including phenoxy) is 1. The van der Waals surface area contributed by atoms with E-state index in [2.05, 4.69) is 4.98 Å². The van der Waals surface area contributed by atoms with Gasteiger partial charge in [-0.3, -0.25) is 9.59 Å². The first kappa shape index (κ1) is 17.9. The van der Waals surface area contributed by atoms with Crippen LogP contribution in [0.4, 0.5) is 0 Å². The Labute approximate surface area is 155 Å². The lowest BCUT2D eigenvalue weighted by Gasteiger charge is -2.31. The van der Waals surface area contributed by atoms with Gasteiger partial charge in [0, 0.05) is 29.1 Å². The summed E-state index contributed by atoms with van der Waals surface area (Å²) in [6.45, 7) is 3.24. The molecule has 1 aliphatic heterocycles. The molecule has 132 valence electrons. The fourth-order valence-corrected chi connectivity index (χ4v) is 3.55. The number of carbonyl (C=O) groups excluding carboxylic acids is 2. The number of amides is 1. The SMILES string of the molecule is Cc1nc(COC(=O)C2CCN(C(=O)c3ccc(Cl)cc3)CC2)cs1. The van der Waals surface area contributed by atoms with E-state index >= 15 is 0 Å². The third kappa shape index (κ3) is 4.58. The third-order valence-electron chi connectivity index (χ3n) is 4.24. The summed E-state index contributed by atoms with van der Waals surface area (Å²) in [5.74, 6) is -0.389. The number of piperidine rings is 1. The van der Waals surface area contributed by atoms with Crippen LogP contribution in [0.15, 0.2) is 29.6 Å². The molecular formula is C18H19ClN2O3S. The molecule has 0 unspecified atom stereocenters. The lowest BCUT2D eigenvalue weighted by molar-refractivity contribution is -0.151.